The molecule has 2 aliphatic heterocycles. The number of methoxy groups -OCH3 is 1. The minimum absolute atomic E-state index is 0.109. The molecule has 0 unspecified atom stereocenters. The predicted octanol–water partition coefficient (Wildman–Crippen LogP) is 5.96. The summed E-state index contributed by atoms with van der Waals surface area (Å²) in [4.78, 5) is 18.2. The lowest BCUT2D eigenvalue weighted by Gasteiger charge is -2.32. The number of para-hydroxylation sites is 1. The quantitative estimate of drug-likeness (QED) is 0.586. The van der Waals surface area contributed by atoms with Gasteiger partial charge in [-0.25, -0.2) is 0 Å². The fourth-order valence-corrected chi connectivity index (χ4v) is 4.88. The number of thioether (sulfide) groups is 1. The van der Waals surface area contributed by atoms with Gasteiger partial charge in [0.2, 0.25) is 0 Å². The molecule has 0 fully saturated rings. The zero-order valence-corrected chi connectivity index (χ0v) is 18.9. The average molecular weight is 423 g/mol. The highest BCUT2D eigenvalue weighted by Crippen LogP contribution is 2.43. The number of hydrogen-bond donors (Lipinski definition) is 2. The summed E-state index contributed by atoms with van der Waals surface area (Å²) in [6.07, 6.45) is 9.71. The van der Waals surface area contributed by atoms with Crippen molar-refractivity contribution in [2.75, 3.05) is 7.11 Å². The second kappa shape index (κ2) is 10.0. The molecular weight excluding hydrogens is 392 g/mol. The molecule has 0 bridgehead atoms. The van der Waals surface area contributed by atoms with Gasteiger partial charge in [0, 0.05) is 32.8 Å². The lowest BCUT2D eigenvalue weighted by atomic mass is 9.92. The van der Waals surface area contributed by atoms with E-state index in [1.54, 1.807) is 11.8 Å². The lowest BCUT2D eigenvalue weighted by Crippen LogP contribution is -2.45. The van der Waals surface area contributed by atoms with Gasteiger partial charge in [-0.05, 0) is 31.1 Å². The van der Waals surface area contributed by atoms with Gasteiger partial charge in [0.25, 0.3) is 0 Å². The Morgan fingerprint density at radius 1 is 1.23 bits per heavy atom. The van der Waals surface area contributed by atoms with Crippen LogP contribution in [-0.2, 0) is 16.0 Å². The molecule has 30 heavy (non-hydrogen) atoms. The Kier molecular flexibility index (Phi) is 7.40. The first kappa shape index (κ1) is 22.2. The van der Waals surface area contributed by atoms with Gasteiger partial charge < -0.3 is 9.72 Å². The number of hydrogen-bond acceptors (Lipinski definition) is 4. The van der Waals surface area contributed by atoms with E-state index < -0.39 is 0 Å². The summed E-state index contributed by atoms with van der Waals surface area (Å²) in [5, 5.41) is 4.71. The van der Waals surface area contributed by atoms with E-state index in [4.69, 9.17) is 4.74 Å². The number of aromatic amines is 1. The van der Waals surface area contributed by atoms with Crippen LogP contribution < -0.4 is 5.32 Å². The van der Waals surface area contributed by atoms with Crippen LogP contribution in [0.4, 0.5) is 0 Å². The van der Waals surface area contributed by atoms with Gasteiger partial charge in [0.15, 0.2) is 0 Å². The Hall–Kier alpha value is -2.50. The van der Waals surface area contributed by atoms with Crippen molar-refractivity contribution in [2.24, 2.45) is 0 Å². The third kappa shape index (κ3) is 4.47. The highest BCUT2D eigenvalue weighted by Gasteiger charge is 2.36. The molecule has 5 heteroatoms. The maximum Gasteiger partial charge on any atom is 0.323 e. The molecule has 1 aromatic heterocycles. The normalized spacial score (nSPS) is 25.8. The van der Waals surface area contributed by atoms with Gasteiger partial charge in [-0.15, -0.1) is 0 Å². The number of allylic oxidation sites excluding steroid dienone is 5. The standard InChI is InChI=1S/C23H24N2O2S.C2H6/c1-14-9-5-4-6-10-15(2)28-22(14)21-20-17(13-19(25-21)23(26)27-3)16-11-7-8-12-18(16)24-20;1-2/h4-8,10-12,19,21,24-25H,2,9,13H2,1,3H3;1-2H3/b5-4-,10-6-,22-14-;/t19-,21+;/m0./s1. The van der Waals surface area contributed by atoms with E-state index >= 15 is 0 Å². The number of carbonyl (C=O) groups excluding carboxylic acids is 1. The number of ether oxygens (including phenoxy) is 1. The van der Waals surface area contributed by atoms with Crippen molar-refractivity contribution in [3.05, 3.63) is 81.8 Å². The van der Waals surface area contributed by atoms with Crippen molar-refractivity contribution >= 4 is 28.6 Å². The van der Waals surface area contributed by atoms with Crippen LogP contribution in [0.1, 0.15) is 44.5 Å². The Morgan fingerprint density at radius 3 is 2.77 bits per heavy atom. The number of aromatic nitrogens is 1. The van der Waals surface area contributed by atoms with Crippen LogP contribution >= 0.6 is 11.8 Å². The van der Waals surface area contributed by atoms with Crippen LogP contribution in [0.15, 0.2) is 70.5 Å². The van der Waals surface area contributed by atoms with Crippen LogP contribution in [0.5, 0.6) is 0 Å². The second-order valence-corrected chi connectivity index (χ2v) is 8.32. The molecule has 0 radical (unpaired) electrons. The molecule has 2 atom stereocenters. The van der Waals surface area contributed by atoms with Gasteiger partial charge in [-0.2, -0.15) is 0 Å². The number of benzene rings is 1. The highest BCUT2D eigenvalue weighted by atomic mass is 32.2. The molecule has 0 saturated heterocycles. The monoisotopic (exact) mass is 422 g/mol. The van der Waals surface area contributed by atoms with Crippen LogP contribution in [0, 0.1) is 0 Å². The van der Waals surface area contributed by atoms with Gasteiger partial charge in [0.1, 0.15) is 6.04 Å². The molecule has 0 amide bonds. The van der Waals surface area contributed by atoms with Gasteiger partial charge in [-0.1, -0.05) is 74.2 Å². The van der Waals surface area contributed by atoms with Crippen molar-refractivity contribution in [2.45, 2.75) is 45.7 Å². The number of rotatable bonds is 2. The molecular formula is C25H30N2O2S. The number of fused-ring (bicyclic) bond motifs is 3. The molecule has 2 aromatic rings. The zero-order chi connectivity index (χ0) is 21.7. The number of H-pyrrole nitrogens is 1. The number of nitrogens with one attached hydrogen (secondary N) is 2. The van der Waals surface area contributed by atoms with E-state index in [1.807, 2.05) is 38.1 Å². The summed E-state index contributed by atoms with van der Waals surface area (Å²) in [6, 6.07) is 7.78. The molecule has 4 rings (SSSR count). The first-order chi connectivity index (χ1) is 14.6. The predicted molar refractivity (Wildman–Crippen MR) is 127 cm³/mol. The van der Waals surface area contributed by atoms with E-state index in [1.165, 1.54) is 28.5 Å². The molecule has 3 heterocycles. The first-order valence-electron chi connectivity index (χ1n) is 10.4. The van der Waals surface area contributed by atoms with Crippen molar-refractivity contribution in [1.29, 1.82) is 0 Å². The maximum absolute atomic E-state index is 12.4. The van der Waals surface area contributed by atoms with E-state index in [2.05, 4.69) is 48.1 Å². The summed E-state index contributed by atoms with van der Waals surface area (Å²) in [6.45, 7) is 10.3. The molecule has 158 valence electrons. The van der Waals surface area contributed by atoms with Crippen LogP contribution in [0.3, 0.4) is 0 Å². The zero-order valence-electron chi connectivity index (χ0n) is 18.1. The van der Waals surface area contributed by atoms with Gasteiger partial charge >= 0.3 is 5.97 Å². The van der Waals surface area contributed by atoms with Crippen LogP contribution in [0.2, 0.25) is 0 Å². The summed E-state index contributed by atoms with van der Waals surface area (Å²) in [7, 11) is 1.44. The van der Waals surface area contributed by atoms with Gasteiger partial charge in [0.05, 0.1) is 13.2 Å². The van der Waals surface area contributed by atoms with E-state index in [9.17, 15) is 4.79 Å². The first-order valence-corrected chi connectivity index (χ1v) is 11.2. The van der Waals surface area contributed by atoms with E-state index in [0.717, 1.165) is 22.5 Å². The molecule has 1 aromatic carbocycles. The third-order valence-electron chi connectivity index (χ3n) is 5.27. The molecule has 2 aliphatic rings. The van der Waals surface area contributed by atoms with Crippen molar-refractivity contribution < 1.29 is 9.53 Å². The summed E-state index contributed by atoms with van der Waals surface area (Å²) >= 11 is 1.67. The average Bonchev–Trinajstić information content (AvgIpc) is 3.18. The Balaban J connectivity index is 0.00000124. The van der Waals surface area contributed by atoms with Gasteiger partial charge in [-0.3, -0.25) is 10.1 Å². The van der Waals surface area contributed by atoms with Crippen LogP contribution in [-0.4, -0.2) is 24.1 Å². The smallest absolute Gasteiger partial charge is 0.323 e. The van der Waals surface area contributed by atoms with Crippen molar-refractivity contribution in [3.63, 3.8) is 0 Å². The van der Waals surface area contributed by atoms with Crippen LogP contribution in [0.25, 0.3) is 10.9 Å². The topological polar surface area (TPSA) is 54.1 Å². The number of carbonyl (C=O) groups is 1. The maximum atomic E-state index is 12.4. The SMILES string of the molecule is C=C1/C=C\C=C/C/C(C)=C(/[C@@H]2N[C@H](C(=O)OC)Cc3c2[nH]c2ccccc32)S1.CC. The second-order valence-electron chi connectivity index (χ2n) is 7.15. The molecule has 0 saturated carbocycles. The summed E-state index contributed by atoms with van der Waals surface area (Å²) in [5.74, 6) is -0.231. The Bertz CT molecular complexity index is 1030. The van der Waals surface area contributed by atoms with E-state index in [0.29, 0.717) is 6.42 Å². The number of esters is 1. The van der Waals surface area contributed by atoms with E-state index in [-0.39, 0.29) is 18.1 Å². The fraction of sp³-hybridized carbons (Fsp3) is 0.320. The lowest BCUT2D eigenvalue weighted by molar-refractivity contribution is -0.143. The summed E-state index contributed by atoms with van der Waals surface area (Å²) < 4.78 is 5.07. The molecule has 2 N–H and O–H groups in total. The Labute approximate surface area is 183 Å². The fourth-order valence-electron chi connectivity index (χ4n) is 3.89. The third-order valence-corrected chi connectivity index (χ3v) is 6.48. The molecule has 4 nitrogen and oxygen atoms in total. The van der Waals surface area contributed by atoms with Crippen molar-refractivity contribution in [1.82, 2.24) is 10.3 Å². The molecule has 0 aliphatic carbocycles. The summed E-state index contributed by atoms with van der Waals surface area (Å²) in [5.41, 5.74) is 4.67. The molecule has 0 spiro atoms. The Morgan fingerprint density at radius 2 is 2.00 bits per heavy atom. The minimum Gasteiger partial charge on any atom is -0.468 e. The van der Waals surface area contributed by atoms with Crippen molar-refractivity contribution in [3.8, 4) is 0 Å². The minimum atomic E-state index is -0.380. The highest BCUT2D eigenvalue weighted by molar-refractivity contribution is 8.07. The largest absolute Gasteiger partial charge is 0.468 e.